The van der Waals surface area contributed by atoms with E-state index in [4.69, 9.17) is 0 Å². The second kappa shape index (κ2) is 6.33. The molecule has 1 amide bonds. The molecule has 1 heterocycles. The van der Waals surface area contributed by atoms with Gasteiger partial charge in [0.05, 0.1) is 11.6 Å². The second-order valence-electron chi connectivity index (χ2n) is 5.46. The molecule has 0 spiro atoms. The molecule has 100 valence electrons. The number of hydrogen-bond donors (Lipinski definition) is 3. The molecular formula is C12H25N3O2. The zero-order valence-corrected chi connectivity index (χ0v) is 11.1. The van der Waals surface area contributed by atoms with E-state index in [9.17, 15) is 9.90 Å². The maximum Gasteiger partial charge on any atom is 0.237 e. The van der Waals surface area contributed by atoms with Crippen LogP contribution in [0.5, 0.6) is 0 Å². The molecule has 0 radical (unpaired) electrons. The number of rotatable bonds is 5. The van der Waals surface area contributed by atoms with Crippen LogP contribution < -0.4 is 10.6 Å². The quantitative estimate of drug-likeness (QED) is 0.612. The van der Waals surface area contributed by atoms with Crippen LogP contribution in [0.3, 0.4) is 0 Å². The maximum atomic E-state index is 11.8. The van der Waals surface area contributed by atoms with Gasteiger partial charge in [0.2, 0.25) is 5.91 Å². The largest absolute Gasteiger partial charge is 0.387 e. The average molecular weight is 243 g/mol. The Balaban J connectivity index is 2.31. The molecule has 1 unspecified atom stereocenters. The zero-order chi connectivity index (χ0) is 12.9. The number of carbonyl (C=O) groups excluding carboxylic acids is 1. The highest BCUT2D eigenvalue weighted by molar-refractivity contribution is 5.81. The summed E-state index contributed by atoms with van der Waals surface area (Å²) in [7, 11) is 3.80. The van der Waals surface area contributed by atoms with Gasteiger partial charge in [0.15, 0.2) is 0 Å². The van der Waals surface area contributed by atoms with E-state index in [2.05, 4.69) is 10.6 Å². The Morgan fingerprint density at radius 2 is 2.24 bits per heavy atom. The highest BCUT2D eigenvalue weighted by Gasteiger charge is 2.25. The Hall–Kier alpha value is -0.650. The molecule has 0 bridgehead atoms. The third-order valence-electron chi connectivity index (χ3n) is 2.93. The monoisotopic (exact) mass is 243 g/mol. The Morgan fingerprint density at radius 3 is 2.76 bits per heavy atom. The minimum Gasteiger partial charge on any atom is -0.387 e. The lowest BCUT2D eigenvalue weighted by atomic mass is 10.0. The predicted molar refractivity (Wildman–Crippen MR) is 67.8 cm³/mol. The van der Waals surface area contributed by atoms with E-state index < -0.39 is 5.60 Å². The van der Waals surface area contributed by atoms with Gasteiger partial charge in [0, 0.05) is 13.1 Å². The fourth-order valence-electron chi connectivity index (χ4n) is 2.21. The van der Waals surface area contributed by atoms with Gasteiger partial charge in [-0.15, -0.1) is 0 Å². The van der Waals surface area contributed by atoms with Crippen LogP contribution in [-0.2, 0) is 4.79 Å². The first-order valence-electron chi connectivity index (χ1n) is 6.29. The van der Waals surface area contributed by atoms with Crippen molar-refractivity contribution < 1.29 is 9.90 Å². The maximum absolute atomic E-state index is 11.8. The number of piperidine rings is 1. The average Bonchev–Trinajstić information content (AvgIpc) is 2.25. The molecule has 1 aliphatic rings. The first-order chi connectivity index (χ1) is 7.91. The van der Waals surface area contributed by atoms with E-state index in [0.29, 0.717) is 13.1 Å². The van der Waals surface area contributed by atoms with Gasteiger partial charge >= 0.3 is 0 Å². The molecule has 0 aromatic rings. The summed E-state index contributed by atoms with van der Waals surface area (Å²) >= 11 is 0. The molecule has 1 aliphatic heterocycles. The molecule has 0 aromatic carbocycles. The number of likely N-dealkylation sites (N-methyl/N-ethyl adjacent to an activating group) is 1. The van der Waals surface area contributed by atoms with Crippen molar-refractivity contribution in [1.29, 1.82) is 0 Å². The summed E-state index contributed by atoms with van der Waals surface area (Å²) < 4.78 is 0. The summed E-state index contributed by atoms with van der Waals surface area (Å²) in [5.41, 5.74) is -0.881. The Bertz CT molecular complexity index is 248. The van der Waals surface area contributed by atoms with E-state index in [0.717, 1.165) is 25.8 Å². The van der Waals surface area contributed by atoms with Crippen molar-refractivity contribution in [2.24, 2.45) is 0 Å². The predicted octanol–water partition coefficient (Wildman–Crippen LogP) is -0.443. The Morgan fingerprint density at radius 1 is 1.53 bits per heavy atom. The summed E-state index contributed by atoms with van der Waals surface area (Å²) in [6.07, 6.45) is 3.13. The molecule has 2 atom stereocenters. The van der Waals surface area contributed by atoms with Gasteiger partial charge in [0.25, 0.3) is 0 Å². The minimum absolute atomic E-state index is 0.00345. The van der Waals surface area contributed by atoms with E-state index >= 15 is 0 Å². The van der Waals surface area contributed by atoms with Crippen LogP contribution in [0, 0.1) is 0 Å². The number of amides is 1. The van der Waals surface area contributed by atoms with Crippen LogP contribution >= 0.6 is 0 Å². The normalized spacial score (nSPS) is 24.4. The van der Waals surface area contributed by atoms with Crippen LogP contribution in [-0.4, -0.2) is 61.3 Å². The third-order valence-corrected chi connectivity index (χ3v) is 2.93. The summed E-state index contributed by atoms with van der Waals surface area (Å²) in [6, 6.07) is -0.0843. The van der Waals surface area contributed by atoms with Gasteiger partial charge < -0.3 is 20.6 Å². The molecule has 1 saturated heterocycles. The van der Waals surface area contributed by atoms with Crippen LogP contribution in [0.2, 0.25) is 0 Å². The van der Waals surface area contributed by atoms with Crippen molar-refractivity contribution in [3.05, 3.63) is 0 Å². The van der Waals surface area contributed by atoms with Crippen molar-refractivity contribution >= 4 is 5.91 Å². The number of nitrogens with zero attached hydrogens (tertiary/aromatic N) is 1. The number of nitrogens with one attached hydrogen (secondary N) is 2. The zero-order valence-electron chi connectivity index (χ0n) is 11.1. The van der Waals surface area contributed by atoms with Gasteiger partial charge in [0.1, 0.15) is 0 Å². The molecule has 5 heteroatoms. The first kappa shape index (κ1) is 14.4. The molecular weight excluding hydrogens is 218 g/mol. The van der Waals surface area contributed by atoms with Crippen LogP contribution in [0.15, 0.2) is 0 Å². The van der Waals surface area contributed by atoms with Crippen molar-refractivity contribution in [1.82, 2.24) is 15.5 Å². The minimum atomic E-state index is -0.881. The number of hydrogen-bond acceptors (Lipinski definition) is 4. The molecule has 0 saturated carbocycles. The molecule has 3 N–H and O–H groups in total. The van der Waals surface area contributed by atoms with Crippen LogP contribution in [0.4, 0.5) is 0 Å². The molecule has 1 rings (SSSR count). The molecule has 0 aromatic heterocycles. The van der Waals surface area contributed by atoms with Crippen LogP contribution in [0.1, 0.15) is 26.2 Å². The van der Waals surface area contributed by atoms with Gasteiger partial charge in [-0.2, -0.15) is 0 Å². The lowest BCUT2D eigenvalue weighted by Gasteiger charge is -2.29. The summed E-state index contributed by atoms with van der Waals surface area (Å²) in [5, 5.41) is 16.1. The number of carbonyl (C=O) groups is 1. The standard InChI is InChI=1S/C12H25N3O2/c1-12(17,9-15(2)3)8-14-11(16)10-6-4-5-7-13-10/h10,13,17H,4-9H2,1-3H3,(H,14,16)/t10-,12?/m1/s1. The summed E-state index contributed by atoms with van der Waals surface area (Å²) in [5.74, 6) is 0.00345. The second-order valence-corrected chi connectivity index (χ2v) is 5.46. The molecule has 0 aliphatic carbocycles. The van der Waals surface area contributed by atoms with Gasteiger partial charge in [-0.25, -0.2) is 0 Å². The van der Waals surface area contributed by atoms with Gasteiger partial charge in [-0.3, -0.25) is 4.79 Å². The smallest absolute Gasteiger partial charge is 0.237 e. The van der Waals surface area contributed by atoms with Crippen molar-refractivity contribution in [3.8, 4) is 0 Å². The van der Waals surface area contributed by atoms with Crippen LogP contribution in [0.25, 0.3) is 0 Å². The third kappa shape index (κ3) is 5.48. The summed E-state index contributed by atoms with van der Waals surface area (Å²) in [6.45, 7) is 3.47. The van der Waals surface area contributed by atoms with Crippen molar-refractivity contribution in [2.75, 3.05) is 33.7 Å². The highest BCUT2D eigenvalue weighted by atomic mass is 16.3. The lowest BCUT2D eigenvalue weighted by molar-refractivity contribution is -0.124. The molecule has 17 heavy (non-hydrogen) atoms. The Labute approximate surface area is 104 Å². The summed E-state index contributed by atoms with van der Waals surface area (Å²) in [4.78, 5) is 13.7. The Kier molecular flexibility index (Phi) is 5.36. The molecule has 5 nitrogen and oxygen atoms in total. The van der Waals surface area contributed by atoms with Crippen molar-refractivity contribution in [3.63, 3.8) is 0 Å². The van der Waals surface area contributed by atoms with Crippen molar-refractivity contribution in [2.45, 2.75) is 37.8 Å². The van der Waals surface area contributed by atoms with E-state index in [1.54, 1.807) is 6.92 Å². The SMILES string of the molecule is CN(C)CC(C)(O)CNC(=O)[C@H]1CCCCN1. The van der Waals surface area contributed by atoms with Gasteiger partial charge in [-0.05, 0) is 40.4 Å². The first-order valence-corrected chi connectivity index (χ1v) is 6.29. The highest BCUT2D eigenvalue weighted by Crippen LogP contribution is 2.08. The number of aliphatic hydroxyl groups is 1. The topological polar surface area (TPSA) is 64.6 Å². The van der Waals surface area contributed by atoms with E-state index in [1.165, 1.54) is 0 Å². The van der Waals surface area contributed by atoms with Gasteiger partial charge in [-0.1, -0.05) is 6.42 Å². The molecule has 1 fully saturated rings. The van der Waals surface area contributed by atoms with E-state index in [1.807, 2.05) is 19.0 Å². The van der Waals surface area contributed by atoms with E-state index in [-0.39, 0.29) is 11.9 Å². The lowest BCUT2D eigenvalue weighted by Crippen LogP contribution is -2.52. The fourth-order valence-corrected chi connectivity index (χ4v) is 2.21. The fraction of sp³-hybridized carbons (Fsp3) is 0.917.